The number of nitrogens with zero attached hydrogens (tertiary/aromatic N) is 2. The van der Waals surface area contributed by atoms with Crippen LogP contribution in [0.2, 0.25) is 0 Å². The standard InChI is InChI=1S/C18H16N2/c1-2-3-18(16-8-4-14(12-19)5-9-16)17-10-6-15(13-20)7-11-17/h4-11,18H,2-3H2,1H3. The molecule has 0 spiro atoms. The molecule has 0 radical (unpaired) electrons. The van der Waals surface area contributed by atoms with Crippen molar-refractivity contribution in [2.45, 2.75) is 25.7 Å². The fourth-order valence-corrected chi connectivity index (χ4v) is 2.39. The minimum Gasteiger partial charge on any atom is -0.192 e. The Balaban J connectivity index is 2.34. The van der Waals surface area contributed by atoms with Crippen LogP contribution in [0.4, 0.5) is 0 Å². The highest BCUT2D eigenvalue weighted by atomic mass is 14.2. The van der Waals surface area contributed by atoms with Crippen LogP contribution in [0.3, 0.4) is 0 Å². The Morgan fingerprint density at radius 1 is 0.800 bits per heavy atom. The van der Waals surface area contributed by atoms with Gasteiger partial charge in [-0.05, 0) is 41.8 Å². The summed E-state index contributed by atoms with van der Waals surface area (Å²) in [4.78, 5) is 0. The fraction of sp³-hybridized carbons (Fsp3) is 0.222. The zero-order valence-electron chi connectivity index (χ0n) is 11.5. The molecule has 0 atom stereocenters. The summed E-state index contributed by atoms with van der Waals surface area (Å²) >= 11 is 0. The molecule has 0 amide bonds. The van der Waals surface area contributed by atoms with Crippen molar-refractivity contribution in [1.82, 2.24) is 0 Å². The van der Waals surface area contributed by atoms with Gasteiger partial charge in [0.15, 0.2) is 0 Å². The van der Waals surface area contributed by atoms with Crippen LogP contribution in [-0.4, -0.2) is 0 Å². The highest BCUT2D eigenvalue weighted by Crippen LogP contribution is 2.29. The van der Waals surface area contributed by atoms with Gasteiger partial charge in [-0.1, -0.05) is 37.6 Å². The molecule has 98 valence electrons. The van der Waals surface area contributed by atoms with E-state index in [4.69, 9.17) is 10.5 Å². The van der Waals surface area contributed by atoms with Gasteiger partial charge in [-0.2, -0.15) is 10.5 Å². The molecule has 2 aromatic carbocycles. The maximum Gasteiger partial charge on any atom is 0.0991 e. The van der Waals surface area contributed by atoms with Crippen LogP contribution in [0.15, 0.2) is 48.5 Å². The molecule has 2 nitrogen and oxygen atoms in total. The van der Waals surface area contributed by atoms with E-state index in [0.29, 0.717) is 17.0 Å². The van der Waals surface area contributed by atoms with Crippen LogP contribution in [0, 0.1) is 22.7 Å². The summed E-state index contributed by atoms with van der Waals surface area (Å²) in [6.07, 6.45) is 2.14. The van der Waals surface area contributed by atoms with E-state index >= 15 is 0 Å². The summed E-state index contributed by atoms with van der Waals surface area (Å²) in [5.41, 5.74) is 3.80. The number of hydrogen-bond acceptors (Lipinski definition) is 2. The van der Waals surface area contributed by atoms with Crippen LogP contribution >= 0.6 is 0 Å². The number of nitriles is 2. The van der Waals surface area contributed by atoms with Crippen molar-refractivity contribution in [2.75, 3.05) is 0 Å². The molecular formula is C18H16N2. The van der Waals surface area contributed by atoms with Crippen LogP contribution in [0.5, 0.6) is 0 Å². The summed E-state index contributed by atoms with van der Waals surface area (Å²) in [7, 11) is 0. The first-order valence-corrected chi connectivity index (χ1v) is 6.78. The molecule has 0 bridgehead atoms. The molecule has 20 heavy (non-hydrogen) atoms. The van der Waals surface area contributed by atoms with Gasteiger partial charge in [-0.25, -0.2) is 0 Å². The highest BCUT2D eigenvalue weighted by molar-refractivity contribution is 5.40. The fourth-order valence-electron chi connectivity index (χ4n) is 2.39. The molecule has 0 aromatic heterocycles. The molecular weight excluding hydrogens is 244 g/mol. The molecule has 0 aliphatic heterocycles. The zero-order valence-corrected chi connectivity index (χ0v) is 11.5. The smallest absolute Gasteiger partial charge is 0.0991 e. The third-order valence-corrected chi connectivity index (χ3v) is 3.46. The van der Waals surface area contributed by atoms with Gasteiger partial charge in [-0.3, -0.25) is 0 Å². The van der Waals surface area contributed by atoms with Crippen molar-refractivity contribution in [1.29, 1.82) is 10.5 Å². The van der Waals surface area contributed by atoms with E-state index < -0.39 is 0 Å². The van der Waals surface area contributed by atoms with Gasteiger partial charge in [0.1, 0.15) is 0 Å². The Labute approximate surface area is 119 Å². The zero-order chi connectivity index (χ0) is 14.4. The molecule has 0 heterocycles. The van der Waals surface area contributed by atoms with Crippen molar-refractivity contribution < 1.29 is 0 Å². The average Bonchev–Trinajstić information content (AvgIpc) is 2.53. The topological polar surface area (TPSA) is 47.6 Å². The Morgan fingerprint density at radius 3 is 1.50 bits per heavy atom. The lowest BCUT2D eigenvalue weighted by atomic mass is 9.87. The summed E-state index contributed by atoms with van der Waals surface area (Å²) in [6, 6.07) is 19.8. The lowest BCUT2D eigenvalue weighted by molar-refractivity contribution is 0.698. The third kappa shape index (κ3) is 3.05. The Bertz CT molecular complexity index is 582. The number of hydrogen-bond donors (Lipinski definition) is 0. The van der Waals surface area contributed by atoms with Gasteiger partial charge in [0.25, 0.3) is 0 Å². The van der Waals surface area contributed by atoms with Gasteiger partial charge >= 0.3 is 0 Å². The van der Waals surface area contributed by atoms with Crippen molar-refractivity contribution in [3.8, 4) is 12.1 Å². The summed E-state index contributed by atoms with van der Waals surface area (Å²) in [6.45, 7) is 2.17. The van der Waals surface area contributed by atoms with Gasteiger partial charge in [0.05, 0.1) is 23.3 Å². The Kier molecular flexibility index (Phi) is 4.53. The first-order valence-electron chi connectivity index (χ1n) is 6.78. The van der Waals surface area contributed by atoms with E-state index in [1.54, 1.807) is 0 Å². The summed E-state index contributed by atoms with van der Waals surface area (Å²) in [5, 5.41) is 17.7. The first kappa shape index (κ1) is 13.8. The lowest BCUT2D eigenvalue weighted by Gasteiger charge is -2.17. The monoisotopic (exact) mass is 260 g/mol. The maximum atomic E-state index is 8.86. The molecule has 0 unspecified atom stereocenters. The largest absolute Gasteiger partial charge is 0.192 e. The average molecular weight is 260 g/mol. The van der Waals surface area contributed by atoms with E-state index in [9.17, 15) is 0 Å². The molecule has 0 saturated carbocycles. The van der Waals surface area contributed by atoms with Crippen molar-refractivity contribution in [2.24, 2.45) is 0 Å². The van der Waals surface area contributed by atoms with E-state index in [-0.39, 0.29) is 0 Å². The molecule has 0 aliphatic rings. The van der Waals surface area contributed by atoms with Crippen molar-refractivity contribution >= 4 is 0 Å². The first-order chi connectivity index (χ1) is 9.78. The second kappa shape index (κ2) is 6.55. The second-order valence-electron chi connectivity index (χ2n) is 4.81. The Morgan fingerprint density at radius 2 is 1.20 bits per heavy atom. The van der Waals surface area contributed by atoms with Gasteiger partial charge in [-0.15, -0.1) is 0 Å². The lowest BCUT2D eigenvalue weighted by Crippen LogP contribution is -2.01. The molecule has 0 N–H and O–H groups in total. The number of benzene rings is 2. The van der Waals surface area contributed by atoms with Crippen LogP contribution in [-0.2, 0) is 0 Å². The molecule has 0 saturated heterocycles. The van der Waals surface area contributed by atoms with Gasteiger partial charge < -0.3 is 0 Å². The van der Waals surface area contributed by atoms with Crippen LogP contribution < -0.4 is 0 Å². The predicted molar refractivity (Wildman–Crippen MR) is 79.1 cm³/mol. The van der Waals surface area contributed by atoms with Crippen molar-refractivity contribution in [3.63, 3.8) is 0 Å². The second-order valence-corrected chi connectivity index (χ2v) is 4.81. The summed E-state index contributed by atoms with van der Waals surface area (Å²) in [5.74, 6) is 0.320. The minimum atomic E-state index is 0.320. The van der Waals surface area contributed by atoms with Gasteiger partial charge in [0.2, 0.25) is 0 Å². The third-order valence-electron chi connectivity index (χ3n) is 3.46. The minimum absolute atomic E-state index is 0.320. The van der Waals surface area contributed by atoms with Crippen molar-refractivity contribution in [3.05, 3.63) is 70.8 Å². The molecule has 2 heteroatoms. The normalized spacial score (nSPS) is 10.0. The maximum absolute atomic E-state index is 8.86. The van der Waals surface area contributed by atoms with E-state index in [1.807, 2.05) is 48.5 Å². The molecule has 0 fully saturated rings. The van der Waals surface area contributed by atoms with E-state index in [2.05, 4.69) is 19.1 Å². The Hall–Kier alpha value is -2.58. The van der Waals surface area contributed by atoms with Crippen LogP contribution in [0.1, 0.15) is 47.9 Å². The SMILES string of the molecule is CCCC(c1ccc(C#N)cc1)c1ccc(C#N)cc1. The molecule has 2 aromatic rings. The van der Waals surface area contributed by atoms with E-state index in [1.165, 1.54) is 11.1 Å². The number of rotatable bonds is 4. The summed E-state index contributed by atoms with van der Waals surface area (Å²) < 4.78 is 0. The molecule has 2 rings (SSSR count). The predicted octanol–water partition coefficient (Wildman–Crippen LogP) is 4.36. The van der Waals surface area contributed by atoms with E-state index in [0.717, 1.165) is 12.8 Å². The van der Waals surface area contributed by atoms with Crippen LogP contribution in [0.25, 0.3) is 0 Å². The van der Waals surface area contributed by atoms with Gasteiger partial charge in [0, 0.05) is 5.92 Å². The quantitative estimate of drug-likeness (QED) is 0.819. The molecule has 0 aliphatic carbocycles. The highest BCUT2D eigenvalue weighted by Gasteiger charge is 2.13.